The minimum atomic E-state index is -0.770. The number of rotatable bonds is 10. The number of nitrogens with one attached hydrogen (secondary N) is 3. The van der Waals surface area contributed by atoms with Crippen molar-refractivity contribution in [2.45, 2.75) is 45.9 Å². The Hall–Kier alpha value is -4.15. The Morgan fingerprint density at radius 3 is 2.66 bits per heavy atom. The van der Waals surface area contributed by atoms with Gasteiger partial charge in [0.05, 0.1) is 30.3 Å². The molecule has 2 aromatic carbocycles. The van der Waals surface area contributed by atoms with Gasteiger partial charge in [-0.3, -0.25) is 25.3 Å². The zero-order chi connectivity index (χ0) is 27.1. The molecule has 0 radical (unpaired) electrons. The standard InChI is InChI=1S/C28H32N4O6/c1-17(2)15-37-28(34)30-25(14-27(33)31-35)26-13-24(32-38-26)19-8-10-21(11-9-19)36-16-20-12-18(3)29-23-7-5-4-6-22(20)23/h4-13,17,25-26,32,35H,14-16H2,1-3H3,(H,30,34)(H,31,33). The summed E-state index contributed by atoms with van der Waals surface area (Å²) in [5.41, 5.74) is 8.87. The number of hydrogen-bond donors (Lipinski definition) is 4. The van der Waals surface area contributed by atoms with E-state index in [1.54, 1.807) is 11.6 Å². The number of hydroxylamine groups is 2. The maximum Gasteiger partial charge on any atom is 0.407 e. The SMILES string of the molecule is Cc1cc(COc2ccc(C3=CC(C(CC(=O)NO)NC(=O)OCC(C)C)ON3)cc2)c2ccccc2n1. The van der Waals surface area contributed by atoms with E-state index in [1.807, 2.05) is 75.4 Å². The lowest BCUT2D eigenvalue weighted by atomic mass is 10.0. The second-order valence-electron chi connectivity index (χ2n) is 9.50. The van der Waals surface area contributed by atoms with E-state index in [0.717, 1.165) is 27.7 Å². The molecule has 0 spiro atoms. The van der Waals surface area contributed by atoms with Crippen molar-refractivity contribution in [1.29, 1.82) is 0 Å². The van der Waals surface area contributed by atoms with Gasteiger partial charge in [0.15, 0.2) is 0 Å². The summed E-state index contributed by atoms with van der Waals surface area (Å²) < 4.78 is 11.2. The molecule has 38 heavy (non-hydrogen) atoms. The molecule has 2 atom stereocenters. The number of carbonyl (C=O) groups excluding carboxylic acids is 2. The topological polar surface area (TPSA) is 131 Å². The summed E-state index contributed by atoms with van der Waals surface area (Å²) in [6.45, 7) is 6.44. The monoisotopic (exact) mass is 520 g/mol. The van der Waals surface area contributed by atoms with Gasteiger partial charge in [-0.05, 0) is 60.9 Å². The third kappa shape index (κ3) is 6.99. The van der Waals surface area contributed by atoms with E-state index in [-0.39, 0.29) is 18.9 Å². The van der Waals surface area contributed by atoms with Crippen molar-refractivity contribution in [3.63, 3.8) is 0 Å². The van der Waals surface area contributed by atoms with Gasteiger partial charge in [-0.25, -0.2) is 10.3 Å². The summed E-state index contributed by atoms with van der Waals surface area (Å²) >= 11 is 0. The van der Waals surface area contributed by atoms with Gasteiger partial charge in [-0.2, -0.15) is 0 Å². The van der Waals surface area contributed by atoms with Crippen LogP contribution in [0.4, 0.5) is 4.79 Å². The van der Waals surface area contributed by atoms with E-state index in [0.29, 0.717) is 18.1 Å². The first kappa shape index (κ1) is 26.9. The molecule has 0 bridgehead atoms. The molecule has 2 unspecified atom stereocenters. The summed E-state index contributed by atoms with van der Waals surface area (Å²) in [5, 5.41) is 12.6. The largest absolute Gasteiger partial charge is 0.489 e. The quantitative estimate of drug-likeness (QED) is 0.233. The Morgan fingerprint density at radius 1 is 1.16 bits per heavy atom. The van der Waals surface area contributed by atoms with Crippen molar-refractivity contribution in [2.24, 2.45) is 5.92 Å². The molecule has 4 N–H and O–H groups in total. The van der Waals surface area contributed by atoms with Crippen molar-refractivity contribution in [3.8, 4) is 5.75 Å². The lowest BCUT2D eigenvalue weighted by Gasteiger charge is -2.21. The molecule has 4 rings (SSSR count). The van der Waals surface area contributed by atoms with Gasteiger partial charge in [-0.1, -0.05) is 32.0 Å². The predicted molar refractivity (Wildman–Crippen MR) is 141 cm³/mol. The van der Waals surface area contributed by atoms with Crippen LogP contribution in [0.25, 0.3) is 16.6 Å². The average molecular weight is 521 g/mol. The number of ether oxygens (including phenoxy) is 2. The highest BCUT2D eigenvalue weighted by molar-refractivity contribution is 5.82. The fourth-order valence-corrected chi connectivity index (χ4v) is 4.05. The lowest BCUT2D eigenvalue weighted by Crippen LogP contribution is -2.46. The molecule has 200 valence electrons. The number of fused-ring (bicyclic) bond motifs is 1. The van der Waals surface area contributed by atoms with Crippen LogP contribution in [0.1, 0.15) is 37.1 Å². The van der Waals surface area contributed by atoms with Gasteiger partial charge in [0.1, 0.15) is 18.5 Å². The van der Waals surface area contributed by atoms with Crippen LogP contribution in [-0.2, 0) is 21.0 Å². The molecule has 1 aromatic heterocycles. The second kappa shape index (κ2) is 12.4. The maximum atomic E-state index is 12.2. The summed E-state index contributed by atoms with van der Waals surface area (Å²) in [6.07, 6.45) is 0.214. The highest BCUT2D eigenvalue weighted by Gasteiger charge is 2.30. The Bertz CT molecular complexity index is 1310. The number of hydrogen-bond acceptors (Lipinski definition) is 8. The smallest absolute Gasteiger partial charge is 0.407 e. The molecule has 0 saturated carbocycles. The number of pyridine rings is 1. The van der Waals surface area contributed by atoms with Crippen molar-refractivity contribution in [1.82, 2.24) is 21.3 Å². The van der Waals surface area contributed by atoms with Crippen molar-refractivity contribution < 1.29 is 29.1 Å². The van der Waals surface area contributed by atoms with Gasteiger partial charge in [-0.15, -0.1) is 0 Å². The van der Waals surface area contributed by atoms with Gasteiger partial charge >= 0.3 is 6.09 Å². The van der Waals surface area contributed by atoms with Crippen LogP contribution in [0.5, 0.6) is 5.75 Å². The highest BCUT2D eigenvalue weighted by atomic mass is 16.7. The molecule has 2 heterocycles. The van der Waals surface area contributed by atoms with Gasteiger partial charge in [0.25, 0.3) is 0 Å². The van der Waals surface area contributed by atoms with Gasteiger partial charge in [0.2, 0.25) is 5.91 Å². The van der Waals surface area contributed by atoms with E-state index in [9.17, 15) is 9.59 Å². The second-order valence-corrected chi connectivity index (χ2v) is 9.50. The van der Waals surface area contributed by atoms with Crippen molar-refractivity contribution in [2.75, 3.05) is 6.61 Å². The van der Waals surface area contributed by atoms with E-state index in [1.165, 1.54) is 0 Å². The normalized spacial score (nSPS) is 15.5. The zero-order valence-corrected chi connectivity index (χ0v) is 21.6. The number of alkyl carbamates (subject to hydrolysis) is 1. The first-order valence-electron chi connectivity index (χ1n) is 12.4. The number of carbonyl (C=O) groups is 2. The van der Waals surface area contributed by atoms with Crippen molar-refractivity contribution in [3.05, 3.63) is 77.5 Å². The molecular formula is C28H32N4O6. The highest BCUT2D eigenvalue weighted by Crippen LogP contribution is 2.25. The average Bonchev–Trinajstić information content (AvgIpc) is 3.40. The van der Waals surface area contributed by atoms with E-state index in [4.69, 9.17) is 19.5 Å². The maximum absolute atomic E-state index is 12.2. The van der Waals surface area contributed by atoms with Crippen LogP contribution >= 0.6 is 0 Å². The van der Waals surface area contributed by atoms with E-state index >= 15 is 0 Å². The van der Waals surface area contributed by atoms with E-state index in [2.05, 4.69) is 15.8 Å². The first-order chi connectivity index (χ1) is 18.3. The molecule has 3 aromatic rings. The first-order valence-corrected chi connectivity index (χ1v) is 12.4. The number of aromatic nitrogens is 1. The minimum Gasteiger partial charge on any atom is -0.489 e. The zero-order valence-electron chi connectivity index (χ0n) is 21.6. The van der Waals surface area contributed by atoms with E-state index < -0.39 is 24.1 Å². The number of benzene rings is 2. The molecule has 10 heteroatoms. The third-order valence-corrected chi connectivity index (χ3v) is 5.90. The Morgan fingerprint density at radius 2 is 1.92 bits per heavy atom. The van der Waals surface area contributed by atoms with Crippen LogP contribution in [-0.4, -0.2) is 40.9 Å². The van der Waals surface area contributed by atoms with Gasteiger partial charge in [0, 0.05) is 16.6 Å². The van der Waals surface area contributed by atoms with Gasteiger partial charge < -0.3 is 14.8 Å². The molecule has 2 amide bonds. The molecule has 1 aliphatic rings. The summed E-state index contributed by atoms with van der Waals surface area (Å²) in [5.74, 6) is 0.203. The molecule has 0 saturated heterocycles. The fourth-order valence-electron chi connectivity index (χ4n) is 4.05. The molecular weight excluding hydrogens is 488 g/mol. The van der Waals surface area contributed by atoms with Crippen LogP contribution in [0.2, 0.25) is 0 Å². The van der Waals surface area contributed by atoms with Crippen LogP contribution in [0.15, 0.2) is 60.7 Å². The van der Waals surface area contributed by atoms with Crippen LogP contribution < -0.4 is 21.0 Å². The molecule has 1 aliphatic heterocycles. The van der Waals surface area contributed by atoms with Crippen molar-refractivity contribution >= 4 is 28.6 Å². The lowest BCUT2D eigenvalue weighted by molar-refractivity contribution is -0.130. The summed E-state index contributed by atoms with van der Waals surface area (Å²) in [4.78, 5) is 34.2. The Labute approximate surface area is 220 Å². The molecule has 0 aliphatic carbocycles. The Balaban J connectivity index is 1.41. The number of amides is 2. The number of nitrogens with zero attached hydrogens (tertiary/aromatic N) is 1. The molecule has 10 nitrogen and oxygen atoms in total. The minimum absolute atomic E-state index is 0.163. The number of para-hydroxylation sites is 1. The third-order valence-electron chi connectivity index (χ3n) is 5.90. The summed E-state index contributed by atoms with van der Waals surface area (Å²) in [7, 11) is 0. The predicted octanol–water partition coefficient (Wildman–Crippen LogP) is 4.01. The van der Waals surface area contributed by atoms with Crippen LogP contribution in [0.3, 0.4) is 0 Å². The summed E-state index contributed by atoms with van der Waals surface area (Å²) in [6, 6.07) is 16.7. The number of aryl methyl sites for hydroxylation is 1. The van der Waals surface area contributed by atoms with Crippen LogP contribution in [0, 0.1) is 12.8 Å². The fraction of sp³-hybridized carbons (Fsp3) is 0.321. The molecule has 0 fully saturated rings. The Kier molecular flexibility index (Phi) is 8.77.